The van der Waals surface area contributed by atoms with Crippen LogP contribution in [0.25, 0.3) is 22.3 Å². The quantitative estimate of drug-likeness (QED) is 0.629. The Morgan fingerprint density at radius 2 is 2.04 bits per heavy atom. The molecule has 3 aromatic rings. The molecule has 1 aliphatic rings. The van der Waals surface area contributed by atoms with Crippen LogP contribution in [-0.2, 0) is 6.54 Å². The Labute approximate surface area is 161 Å². The summed E-state index contributed by atoms with van der Waals surface area (Å²) >= 11 is 0. The highest BCUT2D eigenvalue weighted by Gasteiger charge is 2.39. The molecule has 4 rings (SSSR count). The van der Waals surface area contributed by atoms with Crippen LogP contribution >= 0.6 is 0 Å². The van der Waals surface area contributed by atoms with E-state index in [1.807, 2.05) is 45.0 Å². The first-order chi connectivity index (χ1) is 13.1. The Hall–Kier alpha value is -3.22. The van der Waals surface area contributed by atoms with Crippen LogP contribution in [0.4, 0.5) is 0 Å². The molecule has 146 valence electrons. The van der Waals surface area contributed by atoms with Gasteiger partial charge in [-0.1, -0.05) is 26.8 Å². The number of aromatic amines is 1. The highest BCUT2D eigenvalue weighted by molar-refractivity contribution is 5.95. The Morgan fingerprint density at radius 1 is 1.32 bits per heavy atom. The summed E-state index contributed by atoms with van der Waals surface area (Å²) in [7, 11) is 1.60. The van der Waals surface area contributed by atoms with Gasteiger partial charge in [0, 0.05) is 23.4 Å². The van der Waals surface area contributed by atoms with Crippen LogP contribution in [0, 0.1) is 5.41 Å². The summed E-state index contributed by atoms with van der Waals surface area (Å²) in [5, 5.41) is 21.1. The van der Waals surface area contributed by atoms with Gasteiger partial charge in [-0.05, 0) is 23.6 Å². The number of fused-ring (bicyclic) bond motifs is 5. The minimum Gasteiger partial charge on any atom is -0.506 e. The number of hydrogen-bond donors (Lipinski definition) is 3. The molecule has 7 nitrogen and oxygen atoms in total. The summed E-state index contributed by atoms with van der Waals surface area (Å²) in [6.07, 6.45) is 0. The number of benzene rings is 1. The second-order valence-corrected chi connectivity index (χ2v) is 8.22. The van der Waals surface area contributed by atoms with Gasteiger partial charge in [0.2, 0.25) is 0 Å². The van der Waals surface area contributed by atoms with Crippen molar-refractivity contribution in [3.05, 3.63) is 45.7 Å². The van der Waals surface area contributed by atoms with Gasteiger partial charge in [-0.2, -0.15) is 0 Å². The number of methoxy groups -OCH3 is 1. The lowest BCUT2D eigenvalue weighted by molar-refractivity contribution is 0.0691. The molecule has 3 heterocycles. The Kier molecular flexibility index (Phi) is 3.82. The third kappa shape index (κ3) is 2.42. The third-order valence-electron chi connectivity index (χ3n) is 5.58. The third-order valence-corrected chi connectivity index (χ3v) is 5.58. The van der Waals surface area contributed by atoms with Crippen molar-refractivity contribution >= 4 is 16.9 Å². The van der Waals surface area contributed by atoms with E-state index in [1.54, 1.807) is 7.11 Å². The molecule has 1 atom stereocenters. The van der Waals surface area contributed by atoms with Gasteiger partial charge in [-0.3, -0.25) is 4.79 Å². The van der Waals surface area contributed by atoms with Crippen molar-refractivity contribution in [1.29, 1.82) is 0 Å². The average molecular weight is 382 g/mol. The van der Waals surface area contributed by atoms with E-state index in [0.29, 0.717) is 23.6 Å². The molecule has 28 heavy (non-hydrogen) atoms. The molecule has 1 aliphatic heterocycles. The van der Waals surface area contributed by atoms with Crippen molar-refractivity contribution in [1.82, 2.24) is 9.55 Å². The SMILES string of the molecule is COc1cccc2c1cc1n2C[C@H](C(C)(C)C)c2c-1[nH]c(=O)c(C(=O)O)c2O. The molecular formula is C21H22N2O5. The molecule has 2 aromatic heterocycles. The van der Waals surface area contributed by atoms with Gasteiger partial charge in [-0.15, -0.1) is 0 Å². The van der Waals surface area contributed by atoms with Crippen molar-refractivity contribution in [2.45, 2.75) is 33.2 Å². The normalized spacial score (nSPS) is 15.9. The summed E-state index contributed by atoms with van der Waals surface area (Å²) in [5.41, 5.74) is 0.886. The van der Waals surface area contributed by atoms with Crippen LogP contribution in [0.2, 0.25) is 0 Å². The van der Waals surface area contributed by atoms with Gasteiger partial charge in [0.05, 0.1) is 24.0 Å². The lowest BCUT2D eigenvalue weighted by Gasteiger charge is -2.37. The first-order valence-electron chi connectivity index (χ1n) is 9.04. The second-order valence-electron chi connectivity index (χ2n) is 8.22. The van der Waals surface area contributed by atoms with Gasteiger partial charge in [0.1, 0.15) is 11.5 Å². The molecular weight excluding hydrogens is 360 g/mol. The average Bonchev–Trinajstić information content (AvgIpc) is 2.98. The molecule has 0 amide bonds. The zero-order chi connectivity index (χ0) is 20.4. The molecule has 0 radical (unpaired) electrons. The maximum atomic E-state index is 12.4. The van der Waals surface area contributed by atoms with E-state index in [-0.39, 0.29) is 11.3 Å². The summed E-state index contributed by atoms with van der Waals surface area (Å²) < 4.78 is 7.56. The van der Waals surface area contributed by atoms with Crippen molar-refractivity contribution in [3.63, 3.8) is 0 Å². The zero-order valence-electron chi connectivity index (χ0n) is 16.2. The van der Waals surface area contributed by atoms with Gasteiger partial charge in [0.25, 0.3) is 5.56 Å². The van der Waals surface area contributed by atoms with E-state index >= 15 is 0 Å². The van der Waals surface area contributed by atoms with Crippen LogP contribution in [0.3, 0.4) is 0 Å². The fourth-order valence-electron chi connectivity index (χ4n) is 4.16. The van der Waals surface area contributed by atoms with Crippen LogP contribution in [0.5, 0.6) is 11.5 Å². The second kappa shape index (κ2) is 5.89. The Balaban J connectivity index is 2.13. The monoisotopic (exact) mass is 382 g/mol. The molecule has 0 saturated carbocycles. The number of pyridine rings is 1. The van der Waals surface area contributed by atoms with Crippen LogP contribution in [-0.4, -0.2) is 32.8 Å². The van der Waals surface area contributed by atoms with Gasteiger partial charge in [0.15, 0.2) is 5.56 Å². The number of hydrogen-bond acceptors (Lipinski definition) is 4. The van der Waals surface area contributed by atoms with Gasteiger partial charge >= 0.3 is 5.97 Å². The first-order valence-corrected chi connectivity index (χ1v) is 9.04. The number of carboxylic acid groups (broad SMARTS) is 1. The summed E-state index contributed by atoms with van der Waals surface area (Å²) in [6.45, 7) is 6.64. The largest absolute Gasteiger partial charge is 0.506 e. The number of rotatable bonds is 2. The number of H-pyrrole nitrogens is 1. The van der Waals surface area contributed by atoms with Crippen LogP contribution < -0.4 is 10.3 Å². The molecule has 1 aromatic carbocycles. The van der Waals surface area contributed by atoms with Crippen molar-refractivity contribution < 1.29 is 19.7 Å². The number of aromatic nitrogens is 2. The number of nitrogens with one attached hydrogen (secondary N) is 1. The Morgan fingerprint density at radius 3 is 2.64 bits per heavy atom. The summed E-state index contributed by atoms with van der Waals surface area (Å²) in [5.74, 6) is -1.38. The maximum Gasteiger partial charge on any atom is 0.345 e. The van der Waals surface area contributed by atoms with E-state index in [2.05, 4.69) is 9.55 Å². The fraction of sp³-hybridized carbons (Fsp3) is 0.333. The number of aromatic hydroxyl groups is 1. The molecule has 0 fully saturated rings. The lowest BCUT2D eigenvalue weighted by Crippen LogP contribution is -2.31. The number of carboxylic acids is 1. The maximum absolute atomic E-state index is 12.4. The number of aromatic carboxylic acids is 1. The van der Waals surface area contributed by atoms with E-state index < -0.39 is 22.8 Å². The van der Waals surface area contributed by atoms with Crippen molar-refractivity contribution in [2.24, 2.45) is 5.41 Å². The highest BCUT2D eigenvalue weighted by Crippen LogP contribution is 2.49. The predicted molar refractivity (Wildman–Crippen MR) is 105 cm³/mol. The van der Waals surface area contributed by atoms with E-state index in [9.17, 15) is 19.8 Å². The van der Waals surface area contributed by atoms with Crippen LogP contribution in [0.15, 0.2) is 29.1 Å². The smallest absolute Gasteiger partial charge is 0.345 e. The van der Waals surface area contributed by atoms with Gasteiger partial charge < -0.3 is 24.5 Å². The minimum absolute atomic E-state index is 0.202. The summed E-state index contributed by atoms with van der Waals surface area (Å²) in [4.78, 5) is 26.7. The van der Waals surface area contributed by atoms with Crippen LogP contribution in [0.1, 0.15) is 42.6 Å². The Bertz CT molecular complexity index is 1180. The number of ether oxygens (including phenoxy) is 1. The molecule has 3 N–H and O–H groups in total. The van der Waals surface area contributed by atoms with E-state index in [1.165, 1.54) is 0 Å². The lowest BCUT2D eigenvalue weighted by atomic mass is 9.73. The van der Waals surface area contributed by atoms with E-state index in [4.69, 9.17) is 4.74 Å². The van der Waals surface area contributed by atoms with Crippen molar-refractivity contribution in [3.8, 4) is 22.9 Å². The standard InChI is InChI=1S/C21H22N2O5/c1-21(2,3)11-9-23-12-6-5-7-14(28-4)10(12)8-13(23)17-15(11)18(24)16(20(26)27)19(25)22-17/h5-8,11H,9H2,1-4H3,(H,26,27)(H2,22,24,25)/t11-/m0/s1. The highest BCUT2D eigenvalue weighted by atomic mass is 16.5. The first kappa shape index (κ1) is 18.2. The van der Waals surface area contributed by atoms with E-state index in [0.717, 1.165) is 16.6 Å². The van der Waals surface area contributed by atoms with Gasteiger partial charge in [-0.25, -0.2) is 4.79 Å². The number of nitrogens with zero attached hydrogens (tertiary/aromatic N) is 1. The topological polar surface area (TPSA) is 105 Å². The number of carbonyl (C=O) groups is 1. The molecule has 0 bridgehead atoms. The molecule has 7 heteroatoms. The minimum atomic E-state index is -1.44. The molecule has 0 unspecified atom stereocenters. The van der Waals surface area contributed by atoms with Crippen molar-refractivity contribution in [2.75, 3.05) is 7.11 Å². The molecule has 0 saturated heterocycles. The predicted octanol–water partition coefficient (Wildman–Crippen LogP) is 3.55. The molecule has 0 spiro atoms. The molecule has 0 aliphatic carbocycles. The zero-order valence-corrected chi connectivity index (χ0v) is 16.2. The fourth-order valence-corrected chi connectivity index (χ4v) is 4.16. The summed E-state index contributed by atoms with van der Waals surface area (Å²) in [6, 6.07) is 7.66.